The predicted molar refractivity (Wildman–Crippen MR) is 48.5 cm³/mol. The normalized spacial score (nSPS) is 10.7. The zero-order chi connectivity index (χ0) is 11.6. The largest absolute Gasteiger partial charge is 0.478 e. The summed E-state index contributed by atoms with van der Waals surface area (Å²) < 4.78 is 25.2. The Morgan fingerprint density at radius 3 is 2.60 bits per heavy atom. The Morgan fingerprint density at radius 1 is 1.60 bits per heavy atom. The third kappa shape index (κ3) is 2.01. The third-order valence-corrected chi connectivity index (χ3v) is 1.91. The van der Waals surface area contributed by atoms with Gasteiger partial charge in [-0.3, -0.25) is 0 Å². The van der Waals surface area contributed by atoms with E-state index in [9.17, 15) is 13.6 Å². The van der Waals surface area contributed by atoms with Gasteiger partial charge in [0.05, 0.1) is 5.56 Å². The maximum atomic E-state index is 12.6. The maximum Gasteiger partial charge on any atom is 0.337 e. The van der Waals surface area contributed by atoms with Gasteiger partial charge in [-0.2, -0.15) is 0 Å². The number of aromatic carboxylic acids is 1. The lowest BCUT2D eigenvalue weighted by Crippen LogP contribution is -2.13. The molecule has 82 valence electrons. The molecule has 1 aromatic rings. The second-order valence-electron chi connectivity index (χ2n) is 2.76. The van der Waals surface area contributed by atoms with Gasteiger partial charge in [-0.25, -0.2) is 18.6 Å². The first-order valence-electron chi connectivity index (χ1n) is 3.97. The van der Waals surface area contributed by atoms with Crippen LogP contribution in [0.4, 0.5) is 14.6 Å². The number of anilines is 1. The highest BCUT2D eigenvalue weighted by atomic mass is 19.3. The van der Waals surface area contributed by atoms with Crippen LogP contribution in [0, 0.1) is 0 Å². The number of hydrogen-bond acceptors (Lipinski definition) is 4. The topological polar surface area (TPSA) is 102 Å². The molecule has 1 heterocycles. The van der Waals surface area contributed by atoms with Crippen LogP contribution in [-0.2, 0) is 6.54 Å². The number of carbonyl (C=O) groups is 1. The molecule has 1 aromatic heterocycles. The number of nitrogens with zero attached hydrogens (tertiary/aromatic N) is 1. The molecule has 0 amide bonds. The molecule has 0 saturated heterocycles. The van der Waals surface area contributed by atoms with E-state index in [1.165, 1.54) is 0 Å². The molecule has 0 aromatic carbocycles. The van der Waals surface area contributed by atoms with Crippen LogP contribution >= 0.6 is 0 Å². The molecular formula is C8H9F2N3O2. The van der Waals surface area contributed by atoms with Crippen LogP contribution in [0.3, 0.4) is 0 Å². The summed E-state index contributed by atoms with van der Waals surface area (Å²) in [6, 6.07) is 0. The van der Waals surface area contributed by atoms with Gasteiger partial charge < -0.3 is 16.6 Å². The quantitative estimate of drug-likeness (QED) is 0.693. The number of carboxylic acids is 1. The van der Waals surface area contributed by atoms with Gasteiger partial charge in [0, 0.05) is 23.9 Å². The summed E-state index contributed by atoms with van der Waals surface area (Å²) in [6.07, 6.45) is -2.14. The van der Waals surface area contributed by atoms with Crippen molar-refractivity contribution in [2.45, 2.75) is 13.0 Å². The predicted octanol–water partition coefficient (Wildman–Crippen LogP) is 0.758. The molecule has 5 N–H and O–H groups in total. The molecule has 0 atom stereocenters. The minimum atomic E-state index is -2.94. The van der Waals surface area contributed by atoms with Crippen molar-refractivity contribution < 1.29 is 18.7 Å². The Kier molecular flexibility index (Phi) is 3.15. The van der Waals surface area contributed by atoms with Gasteiger partial charge >= 0.3 is 5.97 Å². The minimum Gasteiger partial charge on any atom is -0.478 e. The monoisotopic (exact) mass is 217 g/mol. The van der Waals surface area contributed by atoms with Gasteiger partial charge in [-0.05, 0) is 0 Å². The molecule has 0 aliphatic carbocycles. The van der Waals surface area contributed by atoms with Crippen LogP contribution < -0.4 is 11.5 Å². The summed E-state index contributed by atoms with van der Waals surface area (Å²) in [5.41, 5.74) is 9.19. The fraction of sp³-hybridized carbons (Fsp3) is 0.250. The minimum absolute atomic E-state index is 0.120. The number of halogens is 2. The van der Waals surface area contributed by atoms with Crippen molar-refractivity contribution in [1.29, 1.82) is 0 Å². The molecule has 0 spiro atoms. The lowest BCUT2D eigenvalue weighted by Gasteiger charge is -2.11. The summed E-state index contributed by atoms with van der Waals surface area (Å²) in [4.78, 5) is 14.1. The molecule has 0 unspecified atom stereocenters. The fourth-order valence-electron chi connectivity index (χ4n) is 1.22. The number of pyridine rings is 1. The van der Waals surface area contributed by atoms with Gasteiger partial charge in [-0.15, -0.1) is 0 Å². The van der Waals surface area contributed by atoms with E-state index in [1.807, 2.05) is 0 Å². The molecule has 0 saturated carbocycles. The van der Waals surface area contributed by atoms with E-state index in [-0.39, 0.29) is 17.9 Å². The number of rotatable bonds is 3. The van der Waals surface area contributed by atoms with E-state index in [0.717, 1.165) is 6.20 Å². The number of nitrogens with two attached hydrogens (primary N) is 2. The number of alkyl halides is 2. The molecular weight excluding hydrogens is 208 g/mol. The standard InChI is InChI=1S/C8H9F2N3O2/c9-6(10)5-3(1-11)7(12)13-2-4(5)8(14)15/h2,6H,1,11H2,(H2,12,13)(H,14,15). The molecule has 0 aliphatic heterocycles. The van der Waals surface area contributed by atoms with Crippen molar-refractivity contribution in [1.82, 2.24) is 4.98 Å². The third-order valence-electron chi connectivity index (χ3n) is 1.91. The Hall–Kier alpha value is -1.76. The van der Waals surface area contributed by atoms with Crippen molar-refractivity contribution >= 4 is 11.8 Å². The first kappa shape index (κ1) is 11.3. The van der Waals surface area contributed by atoms with Crippen LogP contribution in [0.5, 0.6) is 0 Å². The fourth-order valence-corrected chi connectivity index (χ4v) is 1.22. The van der Waals surface area contributed by atoms with Gasteiger partial charge in [0.2, 0.25) is 0 Å². The van der Waals surface area contributed by atoms with E-state index in [4.69, 9.17) is 16.6 Å². The molecule has 5 nitrogen and oxygen atoms in total. The second kappa shape index (κ2) is 4.18. The summed E-state index contributed by atoms with van der Waals surface area (Å²) in [7, 11) is 0. The highest BCUT2D eigenvalue weighted by Gasteiger charge is 2.23. The van der Waals surface area contributed by atoms with Gasteiger partial charge in [0.15, 0.2) is 0 Å². The van der Waals surface area contributed by atoms with E-state index >= 15 is 0 Å². The summed E-state index contributed by atoms with van der Waals surface area (Å²) in [5.74, 6) is -1.65. The molecule has 0 radical (unpaired) electrons. The Balaban J connectivity index is 3.49. The van der Waals surface area contributed by atoms with Crippen molar-refractivity contribution in [3.05, 3.63) is 22.9 Å². The lowest BCUT2D eigenvalue weighted by atomic mass is 10.0. The van der Waals surface area contributed by atoms with E-state index in [1.54, 1.807) is 0 Å². The highest BCUT2D eigenvalue weighted by Crippen LogP contribution is 2.28. The number of carboxylic acid groups (broad SMARTS) is 1. The number of hydrogen-bond donors (Lipinski definition) is 3. The molecule has 0 fully saturated rings. The first-order valence-corrected chi connectivity index (χ1v) is 3.97. The Morgan fingerprint density at radius 2 is 2.20 bits per heavy atom. The van der Waals surface area contributed by atoms with Crippen molar-refractivity contribution in [3.8, 4) is 0 Å². The van der Waals surface area contributed by atoms with E-state index in [2.05, 4.69) is 4.98 Å². The number of nitrogen functional groups attached to an aromatic ring is 1. The van der Waals surface area contributed by atoms with Crippen LogP contribution in [0.25, 0.3) is 0 Å². The molecule has 0 bridgehead atoms. The lowest BCUT2D eigenvalue weighted by molar-refractivity contribution is 0.0683. The zero-order valence-corrected chi connectivity index (χ0v) is 7.58. The Labute approximate surface area is 83.7 Å². The van der Waals surface area contributed by atoms with Gasteiger partial charge in [0.25, 0.3) is 6.43 Å². The van der Waals surface area contributed by atoms with Crippen molar-refractivity contribution in [3.63, 3.8) is 0 Å². The number of aromatic nitrogens is 1. The first-order chi connectivity index (χ1) is 6.99. The summed E-state index contributed by atoms with van der Waals surface area (Å²) >= 11 is 0. The highest BCUT2D eigenvalue weighted by molar-refractivity contribution is 5.90. The molecule has 1 rings (SSSR count). The van der Waals surface area contributed by atoms with Gasteiger partial charge in [-0.1, -0.05) is 0 Å². The Bertz CT molecular complexity index is 396. The SMILES string of the molecule is NCc1c(N)ncc(C(=O)O)c1C(F)F. The van der Waals surface area contributed by atoms with Crippen LogP contribution in [0.1, 0.15) is 27.9 Å². The smallest absolute Gasteiger partial charge is 0.337 e. The van der Waals surface area contributed by atoms with Crippen LogP contribution in [0.15, 0.2) is 6.20 Å². The van der Waals surface area contributed by atoms with E-state index in [0.29, 0.717) is 0 Å². The molecule has 7 heteroatoms. The average molecular weight is 217 g/mol. The van der Waals surface area contributed by atoms with Crippen LogP contribution in [-0.4, -0.2) is 16.1 Å². The van der Waals surface area contributed by atoms with Crippen molar-refractivity contribution in [2.24, 2.45) is 5.73 Å². The summed E-state index contributed by atoms with van der Waals surface area (Å²) in [6.45, 7) is -0.278. The van der Waals surface area contributed by atoms with E-state index < -0.39 is 23.5 Å². The maximum absolute atomic E-state index is 12.6. The average Bonchev–Trinajstić information content (AvgIpc) is 2.16. The summed E-state index contributed by atoms with van der Waals surface area (Å²) in [5, 5.41) is 8.67. The van der Waals surface area contributed by atoms with Gasteiger partial charge in [0.1, 0.15) is 5.82 Å². The molecule has 15 heavy (non-hydrogen) atoms. The second-order valence-corrected chi connectivity index (χ2v) is 2.76. The molecule has 0 aliphatic rings. The van der Waals surface area contributed by atoms with Crippen LogP contribution in [0.2, 0.25) is 0 Å². The zero-order valence-electron chi connectivity index (χ0n) is 7.58. The van der Waals surface area contributed by atoms with Crippen molar-refractivity contribution in [2.75, 3.05) is 5.73 Å².